The quantitative estimate of drug-likeness (QED) is 0.746. The third kappa shape index (κ3) is 3.36. The van der Waals surface area contributed by atoms with Crippen molar-refractivity contribution in [3.05, 3.63) is 18.0 Å². The normalized spacial score (nSPS) is 12.9. The lowest BCUT2D eigenvalue weighted by Gasteiger charge is -2.14. The molecular formula is C10H17N3O2. The molecule has 1 heterocycles. The number of nitrogens with one attached hydrogen (secondary N) is 1. The van der Waals surface area contributed by atoms with Gasteiger partial charge in [-0.25, -0.2) is 0 Å². The lowest BCUT2D eigenvalue weighted by Crippen LogP contribution is -2.34. The van der Waals surface area contributed by atoms with Crippen molar-refractivity contribution in [2.75, 3.05) is 6.54 Å². The molecular weight excluding hydrogens is 194 g/mol. The molecule has 0 saturated carbocycles. The molecule has 0 fully saturated rings. The molecule has 0 spiro atoms. The van der Waals surface area contributed by atoms with E-state index >= 15 is 0 Å². The number of carbonyl (C=O) groups excluding carboxylic acids is 1. The van der Waals surface area contributed by atoms with Gasteiger partial charge in [-0.15, -0.1) is 0 Å². The number of aliphatic hydroxyl groups excluding tert-OH is 1. The van der Waals surface area contributed by atoms with Crippen LogP contribution in [-0.4, -0.2) is 33.4 Å². The first-order valence-corrected chi connectivity index (χ1v) is 4.95. The molecule has 1 amide bonds. The maximum atomic E-state index is 11.5. The van der Waals surface area contributed by atoms with Gasteiger partial charge in [-0.3, -0.25) is 9.48 Å². The van der Waals surface area contributed by atoms with E-state index in [4.69, 9.17) is 0 Å². The van der Waals surface area contributed by atoms with Crippen molar-refractivity contribution in [3.8, 4) is 0 Å². The predicted octanol–water partition coefficient (Wildman–Crippen LogP) is 0.167. The molecule has 1 aromatic heterocycles. The highest BCUT2D eigenvalue weighted by molar-refractivity contribution is 5.93. The Hall–Kier alpha value is -1.36. The Morgan fingerprint density at radius 1 is 1.67 bits per heavy atom. The van der Waals surface area contributed by atoms with Crippen molar-refractivity contribution in [1.82, 2.24) is 15.1 Å². The molecule has 5 nitrogen and oxygen atoms in total. The highest BCUT2D eigenvalue weighted by atomic mass is 16.3. The maximum absolute atomic E-state index is 11.5. The van der Waals surface area contributed by atoms with Crippen LogP contribution in [0.2, 0.25) is 0 Å². The minimum atomic E-state index is -0.509. The van der Waals surface area contributed by atoms with Gasteiger partial charge in [-0.2, -0.15) is 5.10 Å². The number of hydrogen-bond acceptors (Lipinski definition) is 3. The van der Waals surface area contributed by atoms with Gasteiger partial charge in [0, 0.05) is 19.8 Å². The van der Waals surface area contributed by atoms with E-state index in [1.807, 2.05) is 13.8 Å². The van der Waals surface area contributed by atoms with Crippen molar-refractivity contribution in [2.24, 2.45) is 13.0 Å². The minimum Gasteiger partial charge on any atom is -0.391 e. The topological polar surface area (TPSA) is 67.2 Å². The molecule has 0 aliphatic heterocycles. The zero-order valence-corrected chi connectivity index (χ0v) is 9.27. The molecule has 0 bridgehead atoms. The molecule has 0 aliphatic rings. The van der Waals surface area contributed by atoms with Gasteiger partial charge in [-0.05, 0) is 5.92 Å². The van der Waals surface area contributed by atoms with Gasteiger partial charge < -0.3 is 10.4 Å². The average Bonchev–Trinajstić information content (AvgIpc) is 2.60. The summed E-state index contributed by atoms with van der Waals surface area (Å²) < 4.78 is 1.56. The molecule has 2 N–H and O–H groups in total. The van der Waals surface area contributed by atoms with Crippen LogP contribution in [0.25, 0.3) is 0 Å². The summed E-state index contributed by atoms with van der Waals surface area (Å²) in [6, 6.07) is 0. The van der Waals surface area contributed by atoms with Crippen molar-refractivity contribution in [2.45, 2.75) is 20.0 Å². The largest absolute Gasteiger partial charge is 0.391 e. The third-order valence-electron chi connectivity index (χ3n) is 2.21. The van der Waals surface area contributed by atoms with Crippen LogP contribution in [0.15, 0.2) is 12.4 Å². The number of amides is 1. The van der Waals surface area contributed by atoms with Crippen molar-refractivity contribution in [1.29, 1.82) is 0 Å². The first-order valence-electron chi connectivity index (χ1n) is 4.95. The van der Waals surface area contributed by atoms with Gasteiger partial charge in [0.25, 0.3) is 5.91 Å². The maximum Gasteiger partial charge on any atom is 0.254 e. The highest BCUT2D eigenvalue weighted by Crippen LogP contribution is 2.00. The fourth-order valence-electron chi connectivity index (χ4n) is 1.07. The van der Waals surface area contributed by atoms with E-state index in [2.05, 4.69) is 10.4 Å². The summed E-state index contributed by atoms with van der Waals surface area (Å²) in [7, 11) is 1.75. The summed E-state index contributed by atoms with van der Waals surface area (Å²) in [4.78, 5) is 11.5. The Kier molecular flexibility index (Phi) is 3.85. The Bertz CT molecular complexity index is 333. The van der Waals surface area contributed by atoms with Gasteiger partial charge in [0.2, 0.25) is 0 Å². The molecule has 0 saturated heterocycles. The summed E-state index contributed by atoms with van der Waals surface area (Å²) in [6.45, 7) is 4.08. The van der Waals surface area contributed by atoms with E-state index in [1.165, 1.54) is 6.20 Å². The molecule has 1 atom stereocenters. The van der Waals surface area contributed by atoms with Gasteiger partial charge >= 0.3 is 0 Å². The van der Waals surface area contributed by atoms with E-state index < -0.39 is 6.10 Å². The molecule has 0 aliphatic carbocycles. The second-order valence-corrected chi connectivity index (χ2v) is 3.92. The van der Waals surface area contributed by atoms with Gasteiger partial charge in [0.05, 0.1) is 17.9 Å². The van der Waals surface area contributed by atoms with Crippen LogP contribution in [0.3, 0.4) is 0 Å². The number of hydrogen-bond donors (Lipinski definition) is 2. The minimum absolute atomic E-state index is 0.138. The van der Waals surface area contributed by atoms with Crippen molar-refractivity contribution >= 4 is 5.91 Å². The SMILES string of the molecule is CC(C)C(O)CNC(=O)c1cnn(C)c1. The van der Waals surface area contributed by atoms with Crippen molar-refractivity contribution < 1.29 is 9.90 Å². The number of aryl methyl sites for hydroxylation is 1. The van der Waals surface area contributed by atoms with E-state index in [0.29, 0.717) is 5.56 Å². The lowest BCUT2D eigenvalue weighted by molar-refractivity contribution is 0.0871. The molecule has 0 aromatic carbocycles. The first kappa shape index (κ1) is 11.7. The second kappa shape index (κ2) is 4.93. The number of carbonyl (C=O) groups is 1. The van der Waals surface area contributed by atoms with Gasteiger partial charge in [0.15, 0.2) is 0 Å². The van der Waals surface area contributed by atoms with Gasteiger partial charge in [-0.1, -0.05) is 13.8 Å². The second-order valence-electron chi connectivity index (χ2n) is 3.92. The molecule has 84 valence electrons. The van der Waals surface area contributed by atoms with Crippen LogP contribution in [0, 0.1) is 5.92 Å². The highest BCUT2D eigenvalue weighted by Gasteiger charge is 2.12. The smallest absolute Gasteiger partial charge is 0.254 e. The number of aromatic nitrogens is 2. The summed E-state index contributed by atoms with van der Waals surface area (Å²) in [5.41, 5.74) is 0.508. The monoisotopic (exact) mass is 211 g/mol. The van der Waals surface area contributed by atoms with Gasteiger partial charge in [0.1, 0.15) is 0 Å². The summed E-state index contributed by atoms with van der Waals surface area (Å²) >= 11 is 0. The lowest BCUT2D eigenvalue weighted by atomic mass is 10.1. The molecule has 0 radical (unpaired) electrons. The van der Waals surface area contributed by atoms with Crippen LogP contribution in [0.4, 0.5) is 0 Å². The zero-order valence-electron chi connectivity index (χ0n) is 9.27. The van der Waals surface area contributed by atoms with E-state index in [0.717, 1.165) is 0 Å². The number of nitrogens with zero attached hydrogens (tertiary/aromatic N) is 2. The molecule has 1 aromatic rings. The number of rotatable bonds is 4. The molecule has 1 rings (SSSR count). The van der Waals surface area contributed by atoms with E-state index in [-0.39, 0.29) is 18.4 Å². The van der Waals surface area contributed by atoms with E-state index in [9.17, 15) is 9.90 Å². The van der Waals surface area contributed by atoms with E-state index in [1.54, 1.807) is 17.9 Å². The van der Waals surface area contributed by atoms with Crippen LogP contribution in [0.5, 0.6) is 0 Å². The van der Waals surface area contributed by atoms with Crippen LogP contribution in [0.1, 0.15) is 24.2 Å². The summed E-state index contributed by atoms with van der Waals surface area (Å²) in [5, 5.41) is 16.0. The Balaban J connectivity index is 2.43. The van der Waals surface area contributed by atoms with Crippen molar-refractivity contribution in [3.63, 3.8) is 0 Å². The van der Waals surface area contributed by atoms with Crippen LogP contribution >= 0.6 is 0 Å². The van der Waals surface area contributed by atoms with Crippen LogP contribution in [-0.2, 0) is 7.05 Å². The molecule has 5 heteroatoms. The average molecular weight is 211 g/mol. The Morgan fingerprint density at radius 2 is 2.33 bits per heavy atom. The van der Waals surface area contributed by atoms with Crippen LogP contribution < -0.4 is 5.32 Å². The first-order chi connectivity index (χ1) is 7.00. The fourth-order valence-corrected chi connectivity index (χ4v) is 1.07. The Morgan fingerprint density at radius 3 is 2.80 bits per heavy atom. The summed E-state index contributed by atoms with van der Waals surface area (Å²) in [6.07, 6.45) is 2.62. The Labute approximate surface area is 89.1 Å². The zero-order chi connectivity index (χ0) is 11.4. The fraction of sp³-hybridized carbons (Fsp3) is 0.600. The summed E-state index contributed by atoms with van der Waals surface area (Å²) in [5.74, 6) is -0.0676. The molecule has 1 unspecified atom stereocenters. The predicted molar refractivity (Wildman–Crippen MR) is 56.4 cm³/mol. The standard InChI is InChI=1S/C10H17N3O2/c1-7(2)9(14)5-11-10(15)8-4-12-13(3)6-8/h4,6-7,9,14H,5H2,1-3H3,(H,11,15). The molecule has 15 heavy (non-hydrogen) atoms. The number of aliphatic hydroxyl groups is 1. The third-order valence-corrected chi connectivity index (χ3v) is 2.21.